The van der Waals surface area contributed by atoms with Crippen LogP contribution in [0.5, 0.6) is 5.75 Å². The summed E-state index contributed by atoms with van der Waals surface area (Å²) in [6, 6.07) is 18.7. The lowest BCUT2D eigenvalue weighted by Gasteiger charge is -2.20. The fourth-order valence-electron chi connectivity index (χ4n) is 2.95. The highest BCUT2D eigenvalue weighted by atomic mass is 35.5. The Morgan fingerprint density at radius 3 is 2.72 bits per heavy atom. The molecule has 0 unspecified atom stereocenters. The smallest absolute Gasteiger partial charge is 0.233 e. The molecule has 0 radical (unpaired) electrons. The highest BCUT2D eigenvalue weighted by molar-refractivity contribution is 7.22. The number of rotatable bonds is 6. The van der Waals surface area contributed by atoms with Gasteiger partial charge in [-0.25, -0.2) is 4.98 Å². The summed E-state index contributed by atoms with van der Waals surface area (Å²) in [5, 5.41) is 1.20. The zero-order chi connectivity index (χ0) is 20.2. The molecule has 2 heterocycles. The third kappa shape index (κ3) is 4.39. The van der Waals surface area contributed by atoms with Crippen molar-refractivity contribution < 1.29 is 9.53 Å². The summed E-state index contributed by atoms with van der Waals surface area (Å²) in [5.74, 6) is 0.641. The molecule has 0 bridgehead atoms. The molecule has 29 heavy (non-hydrogen) atoms. The number of anilines is 1. The number of hydrogen-bond acceptors (Lipinski definition) is 5. The molecule has 4 rings (SSSR count). The van der Waals surface area contributed by atoms with Gasteiger partial charge in [0.1, 0.15) is 5.75 Å². The van der Waals surface area contributed by atoms with Gasteiger partial charge in [0, 0.05) is 17.3 Å². The van der Waals surface area contributed by atoms with E-state index in [1.54, 1.807) is 24.3 Å². The molecule has 0 spiro atoms. The molecule has 7 heteroatoms. The molecular weight excluding hydrogens is 406 g/mol. The first-order valence-corrected chi connectivity index (χ1v) is 10.2. The van der Waals surface area contributed by atoms with Gasteiger partial charge >= 0.3 is 0 Å². The van der Waals surface area contributed by atoms with Crippen molar-refractivity contribution in [3.05, 3.63) is 83.1 Å². The van der Waals surface area contributed by atoms with Gasteiger partial charge in [0.05, 0.1) is 36.0 Å². The first-order chi connectivity index (χ1) is 14.1. The number of carbonyl (C=O) groups excluding carboxylic acids is 1. The molecule has 0 saturated heterocycles. The van der Waals surface area contributed by atoms with E-state index in [2.05, 4.69) is 9.97 Å². The van der Waals surface area contributed by atoms with E-state index in [1.165, 1.54) is 11.3 Å². The van der Waals surface area contributed by atoms with Crippen molar-refractivity contribution in [1.29, 1.82) is 0 Å². The Hall–Kier alpha value is -2.96. The maximum atomic E-state index is 13.3. The number of nitrogens with zero attached hydrogens (tertiary/aromatic N) is 3. The normalized spacial score (nSPS) is 10.8. The van der Waals surface area contributed by atoms with Gasteiger partial charge in [0.15, 0.2) is 5.13 Å². The minimum atomic E-state index is -0.0882. The molecule has 0 atom stereocenters. The lowest BCUT2D eigenvalue weighted by atomic mass is 10.1. The van der Waals surface area contributed by atoms with Crippen molar-refractivity contribution in [2.24, 2.45) is 0 Å². The van der Waals surface area contributed by atoms with Crippen LogP contribution in [0.1, 0.15) is 11.3 Å². The van der Waals surface area contributed by atoms with Crippen LogP contribution in [-0.4, -0.2) is 23.0 Å². The van der Waals surface area contributed by atoms with Gasteiger partial charge in [-0.05, 0) is 35.9 Å². The minimum Gasteiger partial charge on any atom is -0.497 e. The molecule has 0 aliphatic heterocycles. The average Bonchev–Trinajstić information content (AvgIpc) is 3.17. The quantitative estimate of drug-likeness (QED) is 0.431. The van der Waals surface area contributed by atoms with Gasteiger partial charge in [-0.2, -0.15) is 0 Å². The van der Waals surface area contributed by atoms with Crippen LogP contribution in [0.3, 0.4) is 0 Å². The van der Waals surface area contributed by atoms with E-state index in [9.17, 15) is 4.79 Å². The number of methoxy groups -OCH3 is 1. The van der Waals surface area contributed by atoms with Crippen LogP contribution in [0.15, 0.2) is 66.9 Å². The molecule has 0 aliphatic rings. The monoisotopic (exact) mass is 423 g/mol. The van der Waals surface area contributed by atoms with Crippen molar-refractivity contribution in [2.45, 2.75) is 13.0 Å². The van der Waals surface area contributed by atoms with Gasteiger partial charge in [0.25, 0.3) is 0 Å². The molecule has 146 valence electrons. The highest BCUT2D eigenvalue weighted by Gasteiger charge is 2.22. The zero-order valence-corrected chi connectivity index (χ0v) is 17.3. The summed E-state index contributed by atoms with van der Waals surface area (Å²) in [6.07, 6.45) is 1.90. The van der Waals surface area contributed by atoms with Crippen LogP contribution in [0.25, 0.3) is 10.2 Å². The molecule has 5 nitrogen and oxygen atoms in total. The number of thiazole rings is 1. The topological polar surface area (TPSA) is 55.3 Å². The highest BCUT2D eigenvalue weighted by Crippen LogP contribution is 2.32. The van der Waals surface area contributed by atoms with Crippen LogP contribution in [-0.2, 0) is 17.8 Å². The second kappa shape index (κ2) is 8.59. The van der Waals surface area contributed by atoms with Crippen LogP contribution in [0.4, 0.5) is 5.13 Å². The number of aromatic nitrogens is 2. The Labute approximate surface area is 177 Å². The number of amides is 1. The van der Waals surface area contributed by atoms with Gasteiger partial charge in [-0.1, -0.05) is 47.2 Å². The van der Waals surface area contributed by atoms with Crippen molar-refractivity contribution >= 4 is 44.2 Å². The summed E-state index contributed by atoms with van der Waals surface area (Å²) in [5.41, 5.74) is 2.37. The fraction of sp³-hybridized carbons (Fsp3) is 0.136. The first kappa shape index (κ1) is 19.4. The van der Waals surface area contributed by atoms with E-state index in [-0.39, 0.29) is 12.3 Å². The fourth-order valence-corrected chi connectivity index (χ4v) is 4.12. The van der Waals surface area contributed by atoms with Crippen molar-refractivity contribution in [1.82, 2.24) is 9.97 Å². The van der Waals surface area contributed by atoms with Gasteiger partial charge in [0.2, 0.25) is 5.91 Å². The van der Waals surface area contributed by atoms with E-state index >= 15 is 0 Å². The van der Waals surface area contributed by atoms with Crippen molar-refractivity contribution in [3.8, 4) is 5.75 Å². The van der Waals surface area contributed by atoms with Crippen LogP contribution < -0.4 is 9.64 Å². The number of carbonyl (C=O) groups is 1. The predicted molar refractivity (Wildman–Crippen MR) is 117 cm³/mol. The largest absolute Gasteiger partial charge is 0.497 e. The summed E-state index contributed by atoms with van der Waals surface area (Å²) in [4.78, 5) is 24.0. The Balaban J connectivity index is 1.70. The number of hydrogen-bond donors (Lipinski definition) is 0. The number of benzene rings is 2. The maximum absolute atomic E-state index is 13.3. The zero-order valence-electron chi connectivity index (χ0n) is 15.7. The number of ether oxygens (including phenoxy) is 1. The molecule has 0 N–H and O–H groups in total. The Morgan fingerprint density at radius 2 is 1.97 bits per heavy atom. The van der Waals surface area contributed by atoms with Crippen LogP contribution in [0.2, 0.25) is 5.02 Å². The van der Waals surface area contributed by atoms with E-state index in [0.29, 0.717) is 16.7 Å². The summed E-state index contributed by atoms with van der Waals surface area (Å²) in [6.45, 7) is 0.334. The third-order valence-electron chi connectivity index (χ3n) is 4.46. The molecule has 0 saturated carbocycles. The summed E-state index contributed by atoms with van der Waals surface area (Å²) < 4.78 is 6.27. The van der Waals surface area contributed by atoms with E-state index < -0.39 is 0 Å². The van der Waals surface area contributed by atoms with Crippen LogP contribution in [0, 0.1) is 0 Å². The molecule has 1 amide bonds. The second-order valence-electron chi connectivity index (χ2n) is 6.40. The van der Waals surface area contributed by atoms with Gasteiger partial charge in [-0.15, -0.1) is 0 Å². The molecule has 2 aromatic carbocycles. The Kier molecular flexibility index (Phi) is 5.74. The maximum Gasteiger partial charge on any atom is 0.233 e. The standard InChI is InChI=1S/C22H18ClN3O2S/c1-28-17-9-10-20-19(13-17)25-22(29-20)26(14-16-7-4-5-11-24-16)21(27)12-15-6-2-3-8-18(15)23/h2-11,13H,12,14H2,1H3. The molecular formula is C22H18ClN3O2S. The molecule has 0 fully saturated rings. The number of pyridine rings is 1. The second-order valence-corrected chi connectivity index (χ2v) is 7.82. The number of fused-ring (bicyclic) bond motifs is 1. The Morgan fingerprint density at radius 1 is 1.14 bits per heavy atom. The summed E-state index contributed by atoms with van der Waals surface area (Å²) >= 11 is 7.73. The van der Waals surface area contributed by atoms with E-state index in [0.717, 1.165) is 27.2 Å². The minimum absolute atomic E-state index is 0.0882. The SMILES string of the molecule is COc1ccc2sc(N(Cc3ccccn3)C(=O)Cc3ccccc3Cl)nc2c1. The van der Waals surface area contributed by atoms with E-state index in [4.69, 9.17) is 16.3 Å². The third-order valence-corrected chi connectivity index (χ3v) is 5.89. The molecule has 0 aliphatic carbocycles. The van der Waals surface area contributed by atoms with Gasteiger partial charge < -0.3 is 4.74 Å². The lowest BCUT2D eigenvalue weighted by molar-refractivity contribution is -0.118. The Bertz CT molecular complexity index is 1150. The number of halogens is 1. The predicted octanol–water partition coefficient (Wildman–Crippen LogP) is 5.13. The van der Waals surface area contributed by atoms with Crippen molar-refractivity contribution in [3.63, 3.8) is 0 Å². The molecule has 4 aromatic rings. The van der Waals surface area contributed by atoms with Gasteiger partial charge in [-0.3, -0.25) is 14.7 Å². The molecule has 2 aromatic heterocycles. The lowest BCUT2D eigenvalue weighted by Crippen LogP contribution is -2.32. The average molecular weight is 424 g/mol. The first-order valence-electron chi connectivity index (χ1n) is 9.02. The summed E-state index contributed by atoms with van der Waals surface area (Å²) in [7, 11) is 1.62. The van der Waals surface area contributed by atoms with E-state index in [1.807, 2.05) is 54.6 Å². The van der Waals surface area contributed by atoms with Crippen molar-refractivity contribution in [2.75, 3.05) is 12.0 Å². The van der Waals surface area contributed by atoms with Crippen LogP contribution >= 0.6 is 22.9 Å².